The molecule has 0 aliphatic carbocycles. The Morgan fingerprint density at radius 2 is 2.00 bits per heavy atom. The summed E-state index contributed by atoms with van der Waals surface area (Å²) in [5.41, 5.74) is 8.44. The number of nitrogens with one attached hydrogen (secondary N) is 1. The van der Waals surface area contributed by atoms with Crippen molar-refractivity contribution in [1.29, 1.82) is 5.41 Å². The van der Waals surface area contributed by atoms with E-state index in [0.717, 1.165) is 20.7 Å². The molecule has 1 atom stereocenters. The van der Waals surface area contributed by atoms with E-state index in [2.05, 4.69) is 27.8 Å². The van der Waals surface area contributed by atoms with Gasteiger partial charge in [-0.2, -0.15) is 0 Å². The minimum absolute atomic E-state index is 0.0523. The molecule has 3 N–H and O–H groups in total. The van der Waals surface area contributed by atoms with Crippen molar-refractivity contribution in [2.24, 2.45) is 5.73 Å². The van der Waals surface area contributed by atoms with Gasteiger partial charge < -0.3 is 10.6 Å². The second kappa shape index (κ2) is 6.50. The Morgan fingerprint density at radius 3 is 2.62 bits per heavy atom. The van der Waals surface area contributed by atoms with Crippen LogP contribution in [0.15, 0.2) is 46.9 Å². The monoisotopic (exact) mass is 365 g/mol. The van der Waals surface area contributed by atoms with E-state index in [1.807, 2.05) is 49.5 Å². The fraction of sp³-hybridized carbons (Fsp3) is 0.188. The number of nitrogens with two attached hydrogens (primary N) is 1. The van der Waals surface area contributed by atoms with Crippen LogP contribution in [-0.4, -0.2) is 12.9 Å². The van der Waals surface area contributed by atoms with Crippen LogP contribution in [0.3, 0.4) is 0 Å². The molecule has 2 aromatic rings. The molecule has 0 aliphatic heterocycles. The predicted octanol–water partition coefficient (Wildman–Crippen LogP) is 4.58. The highest BCUT2D eigenvalue weighted by Crippen LogP contribution is 2.30. The van der Waals surface area contributed by atoms with E-state index in [0.29, 0.717) is 5.56 Å². The number of nitrogens with zero attached hydrogens (tertiary/aromatic N) is 1. The Balaban J connectivity index is 2.40. The van der Waals surface area contributed by atoms with Crippen molar-refractivity contribution in [3.05, 3.63) is 63.1 Å². The van der Waals surface area contributed by atoms with Crippen LogP contribution in [0.2, 0.25) is 5.02 Å². The van der Waals surface area contributed by atoms with Crippen LogP contribution in [-0.2, 0) is 0 Å². The normalized spacial score (nSPS) is 12.0. The van der Waals surface area contributed by atoms with E-state index < -0.39 is 0 Å². The molecular weight excluding hydrogens is 350 g/mol. The highest BCUT2D eigenvalue weighted by atomic mass is 79.9. The summed E-state index contributed by atoms with van der Waals surface area (Å²) in [4.78, 5) is 2.09. The standard InChI is InChI=1S/C16H17BrClN3/c1-10(11-4-3-5-13(18)8-11)21(2)15-7-6-12(17)9-14(15)16(19)20/h3-10H,1-2H3,(H3,19,20). The smallest absolute Gasteiger partial charge is 0.124 e. The van der Waals surface area contributed by atoms with E-state index >= 15 is 0 Å². The minimum Gasteiger partial charge on any atom is -0.384 e. The largest absolute Gasteiger partial charge is 0.384 e. The third kappa shape index (κ3) is 3.57. The molecule has 0 saturated heterocycles. The van der Waals surface area contributed by atoms with Gasteiger partial charge in [0.05, 0.1) is 6.04 Å². The van der Waals surface area contributed by atoms with Gasteiger partial charge in [-0.3, -0.25) is 5.41 Å². The fourth-order valence-electron chi connectivity index (χ4n) is 2.23. The summed E-state index contributed by atoms with van der Waals surface area (Å²) in [5, 5.41) is 8.47. The number of amidine groups is 1. The molecule has 110 valence electrons. The van der Waals surface area contributed by atoms with Gasteiger partial charge in [0.25, 0.3) is 0 Å². The molecule has 21 heavy (non-hydrogen) atoms. The highest BCUT2D eigenvalue weighted by molar-refractivity contribution is 9.10. The summed E-state index contributed by atoms with van der Waals surface area (Å²) in [6.07, 6.45) is 0. The lowest BCUT2D eigenvalue weighted by molar-refractivity contribution is 0.739. The first-order valence-electron chi connectivity index (χ1n) is 6.52. The van der Waals surface area contributed by atoms with Crippen LogP contribution in [0.5, 0.6) is 0 Å². The van der Waals surface area contributed by atoms with Crippen LogP contribution in [0.4, 0.5) is 5.69 Å². The van der Waals surface area contributed by atoms with E-state index in [9.17, 15) is 0 Å². The van der Waals surface area contributed by atoms with Gasteiger partial charge in [0.2, 0.25) is 0 Å². The van der Waals surface area contributed by atoms with Crippen molar-refractivity contribution >= 4 is 39.1 Å². The van der Waals surface area contributed by atoms with E-state index in [1.165, 1.54) is 0 Å². The van der Waals surface area contributed by atoms with Crippen molar-refractivity contribution in [2.45, 2.75) is 13.0 Å². The summed E-state index contributed by atoms with van der Waals surface area (Å²) in [6.45, 7) is 2.09. The van der Waals surface area contributed by atoms with Crippen molar-refractivity contribution in [1.82, 2.24) is 0 Å². The highest BCUT2D eigenvalue weighted by Gasteiger charge is 2.17. The third-order valence-corrected chi connectivity index (χ3v) is 4.27. The summed E-state index contributed by atoms with van der Waals surface area (Å²) in [5.74, 6) is 0.0523. The lowest BCUT2D eigenvalue weighted by atomic mass is 10.0. The van der Waals surface area contributed by atoms with Gasteiger partial charge in [-0.05, 0) is 42.8 Å². The van der Waals surface area contributed by atoms with Crippen molar-refractivity contribution in [3.63, 3.8) is 0 Å². The Labute approximate surface area is 138 Å². The predicted molar refractivity (Wildman–Crippen MR) is 93.4 cm³/mol. The molecule has 2 aromatic carbocycles. The second-order valence-electron chi connectivity index (χ2n) is 4.92. The number of rotatable bonds is 4. The average Bonchev–Trinajstić information content (AvgIpc) is 2.45. The summed E-state index contributed by atoms with van der Waals surface area (Å²) < 4.78 is 0.903. The van der Waals surface area contributed by atoms with Crippen molar-refractivity contribution in [3.8, 4) is 0 Å². The van der Waals surface area contributed by atoms with Crippen LogP contribution >= 0.6 is 27.5 Å². The van der Waals surface area contributed by atoms with E-state index in [1.54, 1.807) is 0 Å². The quantitative estimate of drug-likeness (QED) is 0.614. The molecule has 0 bridgehead atoms. The topological polar surface area (TPSA) is 53.1 Å². The SMILES string of the molecule is CC(c1cccc(Cl)c1)N(C)c1ccc(Br)cc1C(=N)N. The van der Waals surface area contributed by atoms with Gasteiger partial charge in [0, 0.05) is 27.8 Å². The maximum absolute atomic E-state index is 7.76. The zero-order valence-corrected chi connectivity index (χ0v) is 14.2. The van der Waals surface area contributed by atoms with Gasteiger partial charge in [-0.1, -0.05) is 39.7 Å². The second-order valence-corrected chi connectivity index (χ2v) is 6.27. The minimum atomic E-state index is 0.0523. The molecule has 0 fully saturated rings. The fourth-order valence-corrected chi connectivity index (χ4v) is 2.79. The first-order valence-corrected chi connectivity index (χ1v) is 7.69. The average molecular weight is 367 g/mol. The number of hydrogen-bond donors (Lipinski definition) is 2. The first kappa shape index (κ1) is 15.9. The summed E-state index contributed by atoms with van der Waals surface area (Å²) >= 11 is 9.48. The zero-order chi connectivity index (χ0) is 15.6. The Hall–Kier alpha value is -1.52. The Bertz CT molecular complexity index is 672. The van der Waals surface area contributed by atoms with Crippen molar-refractivity contribution in [2.75, 3.05) is 11.9 Å². The molecule has 0 heterocycles. The molecule has 0 aliphatic rings. The molecule has 2 rings (SSSR count). The maximum Gasteiger partial charge on any atom is 0.124 e. The van der Waals surface area contributed by atoms with Gasteiger partial charge in [-0.25, -0.2) is 0 Å². The molecule has 1 unspecified atom stereocenters. The van der Waals surface area contributed by atoms with Crippen molar-refractivity contribution < 1.29 is 0 Å². The molecule has 0 radical (unpaired) electrons. The molecule has 0 spiro atoms. The lowest BCUT2D eigenvalue weighted by Crippen LogP contribution is -2.25. The molecule has 0 saturated carbocycles. The number of anilines is 1. The van der Waals surface area contributed by atoms with Gasteiger partial charge in [-0.15, -0.1) is 0 Å². The third-order valence-electron chi connectivity index (χ3n) is 3.54. The molecule has 0 aromatic heterocycles. The maximum atomic E-state index is 7.76. The first-order chi connectivity index (χ1) is 9.90. The van der Waals surface area contributed by atoms with Gasteiger partial charge in [0.1, 0.15) is 5.84 Å². The number of benzene rings is 2. The van der Waals surface area contributed by atoms with Crippen LogP contribution in [0.25, 0.3) is 0 Å². The number of halogens is 2. The molecule has 3 nitrogen and oxygen atoms in total. The Morgan fingerprint density at radius 1 is 1.29 bits per heavy atom. The van der Waals surface area contributed by atoms with Crippen LogP contribution in [0, 0.1) is 5.41 Å². The summed E-state index contributed by atoms with van der Waals surface area (Å²) in [6, 6.07) is 13.7. The summed E-state index contributed by atoms with van der Waals surface area (Å²) in [7, 11) is 1.99. The van der Waals surface area contributed by atoms with E-state index in [4.69, 9.17) is 22.7 Å². The van der Waals surface area contributed by atoms with E-state index in [-0.39, 0.29) is 11.9 Å². The zero-order valence-electron chi connectivity index (χ0n) is 11.9. The number of nitrogen functional groups attached to an aromatic ring is 1. The Kier molecular flexibility index (Phi) is 4.91. The lowest BCUT2D eigenvalue weighted by Gasteiger charge is -2.29. The molecule has 0 amide bonds. The van der Waals surface area contributed by atoms with Crippen LogP contribution < -0.4 is 10.6 Å². The van der Waals surface area contributed by atoms with Gasteiger partial charge >= 0.3 is 0 Å². The van der Waals surface area contributed by atoms with Crippen LogP contribution in [0.1, 0.15) is 24.1 Å². The van der Waals surface area contributed by atoms with Gasteiger partial charge in [0.15, 0.2) is 0 Å². The molecular formula is C16H17BrClN3. The number of hydrogen-bond acceptors (Lipinski definition) is 2. The molecule has 5 heteroatoms.